The molecule has 1 heterocycles. The zero-order valence-electron chi connectivity index (χ0n) is 14.6. The van der Waals surface area contributed by atoms with Crippen LogP contribution in [0.5, 0.6) is 5.75 Å². The molecule has 144 valence electrons. The standard InChI is InChI=1S/C18H23F3N2O3/c1-2-9-22-17(25)13-6-5-10-23(11-13)16(24)12-26-15-8-4-3-7-14(15)18(19,20)21/h3-4,7-8,13H,2,5-6,9-12H2,1H3,(H,22,25)/t13-/m0/s1. The van der Waals surface area contributed by atoms with E-state index in [0.29, 0.717) is 25.9 Å². The van der Waals surface area contributed by atoms with E-state index in [0.717, 1.165) is 12.5 Å². The molecule has 0 saturated carbocycles. The van der Waals surface area contributed by atoms with E-state index in [1.807, 2.05) is 6.92 Å². The predicted molar refractivity (Wildman–Crippen MR) is 89.5 cm³/mol. The smallest absolute Gasteiger partial charge is 0.419 e. The number of likely N-dealkylation sites (tertiary alicyclic amines) is 1. The summed E-state index contributed by atoms with van der Waals surface area (Å²) in [6.45, 7) is 2.78. The third-order valence-electron chi connectivity index (χ3n) is 4.24. The third kappa shape index (κ3) is 5.37. The summed E-state index contributed by atoms with van der Waals surface area (Å²) >= 11 is 0. The van der Waals surface area contributed by atoms with Crippen molar-refractivity contribution in [2.75, 3.05) is 26.2 Å². The molecule has 0 aliphatic carbocycles. The lowest BCUT2D eigenvalue weighted by Gasteiger charge is -2.32. The van der Waals surface area contributed by atoms with Crippen LogP contribution in [0.4, 0.5) is 13.2 Å². The molecule has 1 aromatic carbocycles. The molecule has 0 radical (unpaired) electrons. The maximum absolute atomic E-state index is 12.9. The Kier molecular flexibility index (Phi) is 6.88. The lowest BCUT2D eigenvalue weighted by atomic mass is 9.97. The highest BCUT2D eigenvalue weighted by Crippen LogP contribution is 2.35. The van der Waals surface area contributed by atoms with Gasteiger partial charge in [0.05, 0.1) is 11.5 Å². The molecule has 1 fully saturated rings. The van der Waals surface area contributed by atoms with Crippen LogP contribution in [0.3, 0.4) is 0 Å². The van der Waals surface area contributed by atoms with E-state index in [1.165, 1.54) is 23.1 Å². The van der Waals surface area contributed by atoms with Crippen molar-refractivity contribution in [1.82, 2.24) is 10.2 Å². The summed E-state index contributed by atoms with van der Waals surface area (Å²) in [5.74, 6) is -1.17. The Hall–Kier alpha value is -2.25. The summed E-state index contributed by atoms with van der Waals surface area (Å²) in [4.78, 5) is 25.8. The average molecular weight is 372 g/mol. The van der Waals surface area contributed by atoms with E-state index < -0.39 is 24.3 Å². The van der Waals surface area contributed by atoms with Crippen molar-refractivity contribution in [3.8, 4) is 5.75 Å². The van der Waals surface area contributed by atoms with Crippen molar-refractivity contribution >= 4 is 11.8 Å². The summed E-state index contributed by atoms with van der Waals surface area (Å²) < 4.78 is 44.0. The minimum absolute atomic E-state index is 0.0901. The molecule has 1 atom stereocenters. The second kappa shape index (κ2) is 8.91. The molecule has 0 spiro atoms. The van der Waals surface area contributed by atoms with Gasteiger partial charge in [0.1, 0.15) is 5.75 Å². The molecule has 1 N–H and O–H groups in total. The van der Waals surface area contributed by atoms with Crippen LogP contribution in [0, 0.1) is 5.92 Å². The number of amides is 2. The highest BCUT2D eigenvalue weighted by atomic mass is 19.4. The Labute approximate surface area is 150 Å². The Morgan fingerprint density at radius 1 is 1.31 bits per heavy atom. The number of benzene rings is 1. The molecule has 0 bridgehead atoms. The SMILES string of the molecule is CCCNC(=O)[C@H]1CCCN(C(=O)COc2ccccc2C(F)(F)F)C1. The van der Waals surface area contributed by atoms with Crippen LogP contribution in [-0.2, 0) is 15.8 Å². The maximum Gasteiger partial charge on any atom is 0.419 e. The lowest BCUT2D eigenvalue weighted by Crippen LogP contribution is -2.47. The fourth-order valence-electron chi connectivity index (χ4n) is 2.87. The predicted octanol–water partition coefficient (Wildman–Crippen LogP) is 2.85. The van der Waals surface area contributed by atoms with Gasteiger partial charge in [0, 0.05) is 19.6 Å². The van der Waals surface area contributed by atoms with Crippen molar-refractivity contribution in [2.24, 2.45) is 5.92 Å². The number of hydrogen-bond acceptors (Lipinski definition) is 3. The normalized spacial score (nSPS) is 17.7. The number of halogens is 3. The van der Waals surface area contributed by atoms with Crippen LogP contribution >= 0.6 is 0 Å². The van der Waals surface area contributed by atoms with E-state index in [-0.39, 0.29) is 24.1 Å². The Morgan fingerprint density at radius 2 is 2.04 bits per heavy atom. The van der Waals surface area contributed by atoms with Gasteiger partial charge in [0.15, 0.2) is 6.61 Å². The van der Waals surface area contributed by atoms with Gasteiger partial charge in [0.2, 0.25) is 5.91 Å². The number of alkyl halides is 3. The summed E-state index contributed by atoms with van der Waals surface area (Å²) in [5.41, 5.74) is -0.914. The second-order valence-electron chi connectivity index (χ2n) is 6.25. The van der Waals surface area contributed by atoms with Crippen LogP contribution in [0.2, 0.25) is 0 Å². The molecule has 1 aromatic rings. The van der Waals surface area contributed by atoms with E-state index >= 15 is 0 Å². The molecule has 1 saturated heterocycles. The number of rotatable bonds is 6. The number of piperidine rings is 1. The molecule has 8 heteroatoms. The van der Waals surface area contributed by atoms with Gasteiger partial charge in [-0.1, -0.05) is 19.1 Å². The number of nitrogens with one attached hydrogen (secondary N) is 1. The lowest BCUT2D eigenvalue weighted by molar-refractivity contribution is -0.142. The molecule has 26 heavy (non-hydrogen) atoms. The van der Waals surface area contributed by atoms with E-state index in [9.17, 15) is 22.8 Å². The third-order valence-corrected chi connectivity index (χ3v) is 4.24. The van der Waals surface area contributed by atoms with Gasteiger partial charge in [-0.05, 0) is 31.4 Å². The van der Waals surface area contributed by atoms with Gasteiger partial charge in [-0.15, -0.1) is 0 Å². The number of carbonyl (C=O) groups is 2. The van der Waals surface area contributed by atoms with Gasteiger partial charge < -0.3 is 15.0 Å². The van der Waals surface area contributed by atoms with Crippen molar-refractivity contribution in [3.05, 3.63) is 29.8 Å². The molecule has 5 nitrogen and oxygen atoms in total. The molecule has 1 aliphatic rings. The zero-order valence-corrected chi connectivity index (χ0v) is 14.6. The maximum atomic E-state index is 12.9. The highest BCUT2D eigenvalue weighted by Gasteiger charge is 2.34. The number of ether oxygens (including phenoxy) is 1. The first-order valence-corrected chi connectivity index (χ1v) is 8.67. The van der Waals surface area contributed by atoms with Gasteiger partial charge in [-0.2, -0.15) is 13.2 Å². The van der Waals surface area contributed by atoms with Crippen molar-refractivity contribution in [1.29, 1.82) is 0 Å². The van der Waals surface area contributed by atoms with Gasteiger partial charge in [-0.3, -0.25) is 9.59 Å². The fraction of sp³-hybridized carbons (Fsp3) is 0.556. The Morgan fingerprint density at radius 3 is 2.73 bits per heavy atom. The monoisotopic (exact) mass is 372 g/mol. The first-order valence-electron chi connectivity index (χ1n) is 8.67. The zero-order chi connectivity index (χ0) is 19.2. The first kappa shape index (κ1) is 20.1. The minimum atomic E-state index is -4.55. The highest BCUT2D eigenvalue weighted by molar-refractivity contribution is 5.82. The topological polar surface area (TPSA) is 58.6 Å². The number of hydrogen-bond donors (Lipinski definition) is 1. The Bertz CT molecular complexity index is 634. The largest absolute Gasteiger partial charge is 0.483 e. The van der Waals surface area contributed by atoms with Crippen LogP contribution < -0.4 is 10.1 Å². The number of carbonyl (C=O) groups excluding carboxylic acids is 2. The minimum Gasteiger partial charge on any atom is -0.483 e. The van der Waals surface area contributed by atoms with E-state index in [1.54, 1.807) is 0 Å². The van der Waals surface area contributed by atoms with E-state index in [2.05, 4.69) is 5.32 Å². The molecular weight excluding hydrogens is 349 g/mol. The van der Waals surface area contributed by atoms with Crippen molar-refractivity contribution in [3.63, 3.8) is 0 Å². The van der Waals surface area contributed by atoms with E-state index in [4.69, 9.17) is 4.74 Å². The van der Waals surface area contributed by atoms with Crippen LogP contribution in [-0.4, -0.2) is 43.0 Å². The molecule has 1 aliphatic heterocycles. The summed E-state index contributed by atoms with van der Waals surface area (Å²) in [7, 11) is 0. The molecule has 0 aromatic heterocycles. The van der Waals surface area contributed by atoms with Gasteiger partial charge >= 0.3 is 6.18 Å². The van der Waals surface area contributed by atoms with Crippen LogP contribution in [0.25, 0.3) is 0 Å². The van der Waals surface area contributed by atoms with Gasteiger partial charge in [0.25, 0.3) is 5.91 Å². The molecule has 2 amide bonds. The number of para-hydroxylation sites is 1. The van der Waals surface area contributed by atoms with Gasteiger partial charge in [-0.25, -0.2) is 0 Å². The summed E-state index contributed by atoms with van der Waals surface area (Å²) in [6.07, 6.45) is -2.35. The summed E-state index contributed by atoms with van der Waals surface area (Å²) in [6, 6.07) is 4.79. The molecule has 2 rings (SSSR count). The second-order valence-corrected chi connectivity index (χ2v) is 6.25. The summed E-state index contributed by atoms with van der Waals surface area (Å²) in [5, 5.41) is 2.81. The van der Waals surface area contributed by atoms with Crippen LogP contribution in [0.15, 0.2) is 24.3 Å². The van der Waals surface area contributed by atoms with Crippen molar-refractivity contribution in [2.45, 2.75) is 32.4 Å². The molecule has 0 unspecified atom stereocenters. The fourth-order valence-corrected chi connectivity index (χ4v) is 2.87. The van der Waals surface area contributed by atoms with Crippen LogP contribution in [0.1, 0.15) is 31.7 Å². The van der Waals surface area contributed by atoms with Crippen molar-refractivity contribution < 1.29 is 27.5 Å². The molecular formula is C18H23F3N2O3. The first-order chi connectivity index (χ1) is 12.3. The quantitative estimate of drug-likeness (QED) is 0.835. The number of nitrogens with zero attached hydrogens (tertiary/aromatic N) is 1. The Balaban J connectivity index is 1.93. The average Bonchev–Trinajstić information content (AvgIpc) is 2.63.